The molecule has 1 aromatic heterocycles. The molecule has 0 saturated carbocycles. The monoisotopic (exact) mass is 275 g/mol. The molecule has 20 heavy (non-hydrogen) atoms. The Bertz CT molecular complexity index is 536. The molecule has 2 rings (SSSR count). The van der Waals surface area contributed by atoms with Crippen molar-refractivity contribution in [1.82, 2.24) is 14.7 Å². The quantitative estimate of drug-likeness (QED) is 0.826. The highest BCUT2D eigenvalue weighted by atomic mass is 16.4. The highest BCUT2D eigenvalue weighted by Gasteiger charge is 2.22. The Hall–Kier alpha value is -2.29. The molecule has 0 unspecified atom stereocenters. The minimum atomic E-state index is -1.04. The maximum absolute atomic E-state index is 12.1. The second kappa shape index (κ2) is 6.24. The van der Waals surface area contributed by atoms with Crippen molar-refractivity contribution in [3.63, 3.8) is 0 Å². The number of carboxylic acids is 1. The molecule has 1 N–H and O–H groups in total. The van der Waals surface area contributed by atoms with Gasteiger partial charge in [-0.05, 0) is 18.8 Å². The summed E-state index contributed by atoms with van der Waals surface area (Å²) in [7, 11) is 0. The van der Waals surface area contributed by atoms with Crippen LogP contribution < -0.4 is 0 Å². The molecule has 1 aliphatic heterocycles. The molecular weight excluding hydrogens is 258 g/mol. The summed E-state index contributed by atoms with van der Waals surface area (Å²) in [6, 6.07) is 0. The molecule has 0 radical (unpaired) electrons. The number of carboxylic acid groups (broad SMARTS) is 1. The van der Waals surface area contributed by atoms with Gasteiger partial charge in [0.15, 0.2) is 0 Å². The molecule has 1 aliphatic rings. The van der Waals surface area contributed by atoms with Gasteiger partial charge in [-0.2, -0.15) is 5.10 Å². The van der Waals surface area contributed by atoms with E-state index in [2.05, 4.69) is 11.0 Å². The first-order chi connectivity index (χ1) is 9.60. The lowest BCUT2D eigenvalue weighted by Gasteiger charge is -2.31. The second-order valence-corrected chi connectivity index (χ2v) is 4.96. The maximum atomic E-state index is 12.1. The van der Waals surface area contributed by atoms with Gasteiger partial charge in [0, 0.05) is 25.7 Å². The van der Waals surface area contributed by atoms with Crippen molar-refractivity contribution in [2.45, 2.75) is 25.8 Å². The molecule has 1 saturated heterocycles. The fourth-order valence-corrected chi connectivity index (χ4v) is 2.35. The van der Waals surface area contributed by atoms with E-state index in [0.29, 0.717) is 19.0 Å². The predicted octanol–water partition coefficient (Wildman–Crippen LogP) is 0.843. The van der Waals surface area contributed by atoms with Crippen LogP contribution in [-0.2, 0) is 11.3 Å². The first kappa shape index (κ1) is 14.1. The Balaban J connectivity index is 1.86. The number of carbonyl (C=O) groups excluding carboxylic acids is 1. The summed E-state index contributed by atoms with van der Waals surface area (Å²) in [6.45, 7) is 1.49. The van der Waals surface area contributed by atoms with E-state index in [1.165, 1.54) is 17.1 Å². The minimum absolute atomic E-state index is 0.0378. The Morgan fingerprint density at radius 1 is 1.45 bits per heavy atom. The zero-order valence-corrected chi connectivity index (χ0v) is 11.2. The van der Waals surface area contributed by atoms with Crippen molar-refractivity contribution in [2.24, 2.45) is 5.92 Å². The average Bonchev–Trinajstić information content (AvgIpc) is 2.88. The van der Waals surface area contributed by atoms with Crippen molar-refractivity contribution in [3.8, 4) is 12.3 Å². The number of rotatable bonds is 4. The van der Waals surface area contributed by atoms with E-state index >= 15 is 0 Å². The largest absolute Gasteiger partial charge is 0.478 e. The van der Waals surface area contributed by atoms with Crippen LogP contribution in [0.5, 0.6) is 0 Å². The number of amides is 1. The highest BCUT2D eigenvalue weighted by molar-refractivity contribution is 5.87. The Morgan fingerprint density at radius 3 is 2.70 bits per heavy atom. The first-order valence-corrected chi connectivity index (χ1v) is 6.57. The molecule has 1 amide bonds. The number of piperidine rings is 1. The third-order valence-electron chi connectivity index (χ3n) is 3.55. The maximum Gasteiger partial charge on any atom is 0.338 e. The summed E-state index contributed by atoms with van der Waals surface area (Å²) in [5.74, 6) is 2.09. The Labute approximate surface area is 117 Å². The third kappa shape index (κ3) is 3.38. The van der Waals surface area contributed by atoms with E-state index in [1.54, 1.807) is 4.90 Å². The topological polar surface area (TPSA) is 75.4 Å². The van der Waals surface area contributed by atoms with E-state index in [4.69, 9.17) is 11.5 Å². The molecular formula is C14H17N3O3. The Kier molecular flexibility index (Phi) is 4.41. The first-order valence-electron chi connectivity index (χ1n) is 6.57. The van der Waals surface area contributed by atoms with E-state index in [-0.39, 0.29) is 18.0 Å². The summed E-state index contributed by atoms with van der Waals surface area (Å²) in [5, 5.41) is 12.7. The van der Waals surface area contributed by atoms with Crippen LogP contribution >= 0.6 is 0 Å². The third-order valence-corrected chi connectivity index (χ3v) is 3.55. The van der Waals surface area contributed by atoms with Crippen LogP contribution in [0.1, 0.15) is 29.6 Å². The predicted molar refractivity (Wildman–Crippen MR) is 71.9 cm³/mol. The van der Waals surface area contributed by atoms with Gasteiger partial charge in [0.25, 0.3) is 0 Å². The van der Waals surface area contributed by atoms with Crippen LogP contribution in [0.2, 0.25) is 0 Å². The number of aromatic carboxylic acids is 1. The van der Waals surface area contributed by atoms with E-state index in [1.807, 2.05) is 0 Å². The van der Waals surface area contributed by atoms with Gasteiger partial charge in [-0.3, -0.25) is 9.48 Å². The van der Waals surface area contributed by atoms with Crippen LogP contribution in [0.3, 0.4) is 0 Å². The van der Waals surface area contributed by atoms with Crippen molar-refractivity contribution >= 4 is 11.9 Å². The summed E-state index contributed by atoms with van der Waals surface area (Å²) < 4.78 is 1.36. The lowest BCUT2D eigenvalue weighted by Crippen LogP contribution is -2.40. The standard InChI is InChI=1S/C14H17N3O3/c1-2-3-11-4-6-16(7-5-11)13(18)10-17-9-12(8-15-17)14(19)20/h1,8-9,11H,3-7,10H2,(H,19,20). The summed E-state index contributed by atoms with van der Waals surface area (Å²) >= 11 is 0. The molecule has 0 bridgehead atoms. The molecule has 0 aliphatic carbocycles. The minimum Gasteiger partial charge on any atom is -0.478 e. The molecule has 2 heterocycles. The Morgan fingerprint density at radius 2 is 2.15 bits per heavy atom. The molecule has 6 nitrogen and oxygen atoms in total. The van der Waals surface area contributed by atoms with Crippen molar-refractivity contribution in [2.75, 3.05) is 13.1 Å². The van der Waals surface area contributed by atoms with Crippen molar-refractivity contribution in [1.29, 1.82) is 0 Å². The van der Waals surface area contributed by atoms with Crippen LogP contribution in [0, 0.1) is 18.3 Å². The fraction of sp³-hybridized carbons (Fsp3) is 0.500. The van der Waals surface area contributed by atoms with Crippen molar-refractivity contribution in [3.05, 3.63) is 18.0 Å². The van der Waals surface area contributed by atoms with Gasteiger partial charge in [0.1, 0.15) is 6.54 Å². The molecule has 0 spiro atoms. The zero-order chi connectivity index (χ0) is 14.5. The van der Waals surface area contributed by atoms with Crippen LogP contribution in [0.15, 0.2) is 12.4 Å². The van der Waals surface area contributed by atoms with Gasteiger partial charge in [-0.1, -0.05) is 0 Å². The summed E-state index contributed by atoms with van der Waals surface area (Å²) in [5.41, 5.74) is 0.0885. The lowest BCUT2D eigenvalue weighted by atomic mass is 9.94. The SMILES string of the molecule is C#CCC1CCN(C(=O)Cn2cc(C(=O)O)cn2)CC1. The molecule has 0 aromatic carbocycles. The molecule has 106 valence electrons. The molecule has 1 aromatic rings. The number of carbonyl (C=O) groups is 2. The van der Waals surface area contributed by atoms with Crippen molar-refractivity contribution < 1.29 is 14.7 Å². The van der Waals surface area contributed by atoms with Gasteiger partial charge >= 0.3 is 5.97 Å². The van der Waals surface area contributed by atoms with Crippen LogP contribution in [0.25, 0.3) is 0 Å². The number of nitrogens with zero attached hydrogens (tertiary/aromatic N) is 3. The van der Waals surface area contributed by atoms with Crippen LogP contribution in [-0.4, -0.2) is 44.8 Å². The van der Waals surface area contributed by atoms with Gasteiger partial charge in [0.05, 0.1) is 11.8 Å². The van der Waals surface area contributed by atoms with E-state index in [0.717, 1.165) is 19.3 Å². The zero-order valence-electron chi connectivity index (χ0n) is 11.2. The molecule has 1 fully saturated rings. The molecule has 6 heteroatoms. The smallest absolute Gasteiger partial charge is 0.338 e. The summed E-state index contributed by atoms with van der Waals surface area (Å²) in [4.78, 5) is 24.6. The highest BCUT2D eigenvalue weighted by Crippen LogP contribution is 2.20. The lowest BCUT2D eigenvalue weighted by molar-refractivity contribution is -0.133. The molecule has 0 atom stereocenters. The number of terminal acetylenes is 1. The summed E-state index contributed by atoms with van der Waals surface area (Å²) in [6.07, 6.45) is 10.5. The number of likely N-dealkylation sites (tertiary alicyclic amines) is 1. The number of hydrogen-bond donors (Lipinski definition) is 1. The average molecular weight is 275 g/mol. The van der Waals surface area contributed by atoms with Gasteiger partial charge in [0.2, 0.25) is 5.91 Å². The van der Waals surface area contributed by atoms with Gasteiger partial charge < -0.3 is 10.0 Å². The fourth-order valence-electron chi connectivity index (χ4n) is 2.35. The van der Waals surface area contributed by atoms with Crippen LogP contribution in [0.4, 0.5) is 0 Å². The van der Waals surface area contributed by atoms with E-state index < -0.39 is 5.97 Å². The number of hydrogen-bond acceptors (Lipinski definition) is 3. The van der Waals surface area contributed by atoms with Gasteiger partial charge in [-0.15, -0.1) is 12.3 Å². The number of aromatic nitrogens is 2. The normalized spacial score (nSPS) is 15.8. The second-order valence-electron chi connectivity index (χ2n) is 4.96. The van der Waals surface area contributed by atoms with E-state index in [9.17, 15) is 9.59 Å². The van der Waals surface area contributed by atoms with Gasteiger partial charge in [-0.25, -0.2) is 4.79 Å².